The predicted molar refractivity (Wildman–Crippen MR) is 313 cm³/mol. The number of hydrogen-bond acceptors (Lipinski definition) is 3. The van der Waals surface area contributed by atoms with Crippen LogP contribution in [-0.2, 0) is 10.8 Å². The predicted octanol–water partition coefficient (Wildman–Crippen LogP) is 19.9. The first-order valence-corrected chi connectivity index (χ1v) is 26.9. The third kappa shape index (κ3) is 6.19. The first-order valence-electron chi connectivity index (χ1n) is 25.3. The molecule has 1 spiro atoms. The van der Waals surface area contributed by atoms with Crippen LogP contribution in [0, 0.1) is 0 Å². The Balaban J connectivity index is 0.848. The van der Waals surface area contributed by atoms with Crippen molar-refractivity contribution in [2.45, 2.75) is 24.7 Å². The summed E-state index contributed by atoms with van der Waals surface area (Å²) in [5, 5.41) is 5.27. The molecule has 0 unspecified atom stereocenters. The summed E-state index contributed by atoms with van der Waals surface area (Å²) >= 11 is 3.76. The maximum atomic E-state index is 2.50. The molecular weight excluding hydrogens is 919 g/mol. The zero-order valence-corrected chi connectivity index (χ0v) is 42.1. The van der Waals surface area contributed by atoms with E-state index in [4.69, 9.17) is 0 Å². The molecule has 73 heavy (non-hydrogen) atoms. The summed E-state index contributed by atoms with van der Waals surface area (Å²) < 4.78 is 5.30. The van der Waals surface area contributed by atoms with Gasteiger partial charge in [0.25, 0.3) is 0 Å². The van der Waals surface area contributed by atoms with E-state index in [9.17, 15) is 0 Å². The number of benzene rings is 11. The minimum absolute atomic E-state index is 0.142. The largest absolute Gasteiger partial charge is 0.311 e. The lowest BCUT2D eigenvalue weighted by Crippen LogP contribution is -2.40. The fourth-order valence-electron chi connectivity index (χ4n) is 12.8. The number of hydrogen-bond donors (Lipinski definition) is 0. The normalized spacial score (nSPS) is 13.8. The van der Waals surface area contributed by atoms with Crippen LogP contribution in [0.4, 0.5) is 17.1 Å². The minimum Gasteiger partial charge on any atom is -0.311 e. The zero-order valence-electron chi connectivity index (χ0n) is 40.4. The van der Waals surface area contributed by atoms with Gasteiger partial charge in [0.15, 0.2) is 0 Å². The first kappa shape index (κ1) is 42.4. The van der Waals surface area contributed by atoms with Crippen LogP contribution < -0.4 is 4.90 Å². The topological polar surface area (TPSA) is 3.24 Å². The highest BCUT2D eigenvalue weighted by atomic mass is 32.1. The number of fused-ring (bicyclic) bond motifs is 15. The molecule has 2 heterocycles. The van der Waals surface area contributed by atoms with Gasteiger partial charge in [0.05, 0.1) is 5.41 Å². The third-order valence-corrected chi connectivity index (χ3v) is 18.6. The summed E-state index contributed by atoms with van der Waals surface area (Å²) in [6.45, 7) is 4.78. The third-order valence-electron chi connectivity index (χ3n) is 16.2. The van der Waals surface area contributed by atoms with Crippen molar-refractivity contribution in [3.05, 3.63) is 282 Å². The molecule has 0 amide bonds. The van der Waals surface area contributed by atoms with Crippen molar-refractivity contribution in [2.24, 2.45) is 0 Å². The number of rotatable bonds is 6. The smallest absolute Gasteiger partial charge is 0.0719 e. The second-order valence-corrected chi connectivity index (χ2v) is 22.4. The lowest BCUT2D eigenvalue weighted by atomic mass is 9.55. The Morgan fingerprint density at radius 1 is 0.288 bits per heavy atom. The van der Waals surface area contributed by atoms with Crippen LogP contribution in [0.25, 0.3) is 84.9 Å². The van der Waals surface area contributed by atoms with Crippen molar-refractivity contribution in [3.63, 3.8) is 0 Å². The fourth-order valence-corrected chi connectivity index (χ4v) is 15.3. The van der Waals surface area contributed by atoms with Crippen molar-refractivity contribution >= 4 is 80.1 Å². The Bertz CT molecular complexity index is 4130. The molecule has 344 valence electrons. The van der Waals surface area contributed by atoms with E-state index in [0.717, 1.165) is 17.1 Å². The highest BCUT2D eigenvalue weighted by Gasteiger charge is 2.53. The molecular formula is C70H47NS2. The fraction of sp³-hybridized carbons (Fsp3) is 0.0571. The summed E-state index contributed by atoms with van der Waals surface area (Å²) in [4.78, 5) is 2.41. The lowest BCUT2D eigenvalue weighted by Gasteiger charge is -2.46. The van der Waals surface area contributed by atoms with E-state index in [1.807, 2.05) is 22.7 Å². The monoisotopic (exact) mass is 965 g/mol. The molecule has 1 nitrogen and oxygen atoms in total. The second kappa shape index (κ2) is 16.1. The molecule has 0 aliphatic heterocycles. The van der Waals surface area contributed by atoms with E-state index in [2.05, 4.69) is 267 Å². The van der Waals surface area contributed by atoms with Crippen LogP contribution in [0.1, 0.15) is 47.2 Å². The Morgan fingerprint density at radius 3 is 1.19 bits per heavy atom. The minimum atomic E-state index is -0.440. The summed E-state index contributed by atoms with van der Waals surface area (Å²) in [6, 6.07) is 93.3. The lowest BCUT2D eigenvalue weighted by molar-refractivity contribution is 0.563. The van der Waals surface area contributed by atoms with Gasteiger partial charge in [-0.15, -0.1) is 22.7 Å². The van der Waals surface area contributed by atoms with Gasteiger partial charge in [-0.25, -0.2) is 0 Å². The van der Waals surface area contributed by atoms with Gasteiger partial charge < -0.3 is 4.90 Å². The molecule has 0 saturated heterocycles. The van der Waals surface area contributed by atoms with Crippen molar-refractivity contribution in [2.75, 3.05) is 4.90 Å². The van der Waals surface area contributed by atoms with E-state index >= 15 is 0 Å². The summed E-state index contributed by atoms with van der Waals surface area (Å²) in [7, 11) is 0. The van der Waals surface area contributed by atoms with E-state index < -0.39 is 5.41 Å². The molecule has 2 aliphatic carbocycles. The molecule has 2 aliphatic rings. The van der Waals surface area contributed by atoms with Crippen LogP contribution in [-0.4, -0.2) is 0 Å². The van der Waals surface area contributed by atoms with Crippen molar-refractivity contribution in [3.8, 4) is 44.5 Å². The molecule has 3 heteroatoms. The van der Waals surface area contributed by atoms with Gasteiger partial charge in [-0.05, 0) is 132 Å². The molecule has 13 aromatic rings. The van der Waals surface area contributed by atoms with E-state index in [-0.39, 0.29) is 5.41 Å². The Labute approximate surface area is 433 Å². The average Bonchev–Trinajstić information content (AvgIpc) is 4.15. The van der Waals surface area contributed by atoms with E-state index in [1.165, 1.54) is 118 Å². The molecule has 15 rings (SSSR count). The van der Waals surface area contributed by atoms with Gasteiger partial charge in [0.1, 0.15) is 0 Å². The maximum absolute atomic E-state index is 2.50. The summed E-state index contributed by atoms with van der Waals surface area (Å²) in [5.74, 6) is 0. The van der Waals surface area contributed by atoms with Gasteiger partial charge >= 0.3 is 0 Å². The number of anilines is 3. The molecule has 2 aromatic heterocycles. The molecule has 0 fully saturated rings. The van der Waals surface area contributed by atoms with Crippen LogP contribution in [0.5, 0.6) is 0 Å². The Hall–Kier alpha value is -8.34. The molecule has 0 radical (unpaired) electrons. The summed E-state index contributed by atoms with van der Waals surface area (Å²) in [5.41, 5.74) is 21.0. The standard InChI is InChI=1S/C70H47NS2/c1-69(2)60-23-7-9-25-62(60)70(63-26-10-8-24-61(63)69)59-22-6-3-15-53(59)54-42-35-47(43-64(54)70)44-29-36-48(37-30-44)71(49-38-31-45(32-39-49)51-18-13-20-57-55-16-4-11-27-65(55)72-67(51)57)50-40-33-46(34-41-50)52-19-14-21-58-56-17-5-12-28-66(56)73-68(52)58/h3-43H,1-2H3. The van der Waals surface area contributed by atoms with Gasteiger partial charge in [-0.1, -0.05) is 208 Å². The second-order valence-electron chi connectivity index (χ2n) is 20.3. The van der Waals surface area contributed by atoms with Crippen molar-refractivity contribution in [1.82, 2.24) is 0 Å². The first-order chi connectivity index (χ1) is 35.9. The zero-order chi connectivity index (χ0) is 48.4. The molecule has 11 aromatic carbocycles. The molecule has 0 N–H and O–H groups in total. The highest BCUT2D eigenvalue weighted by molar-refractivity contribution is 7.26. The Kier molecular flexibility index (Phi) is 9.33. The summed E-state index contributed by atoms with van der Waals surface area (Å²) in [6.07, 6.45) is 0. The van der Waals surface area contributed by atoms with Crippen LogP contribution in [0.2, 0.25) is 0 Å². The maximum Gasteiger partial charge on any atom is 0.0719 e. The molecule has 0 bridgehead atoms. The van der Waals surface area contributed by atoms with Gasteiger partial charge in [0, 0.05) is 62.8 Å². The molecule has 0 atom stereocenters. The van der Waals surface area contributed by atoms with Crippen LogP contribution in [0.3, 0.4) is 0 Å². The Morgan fingerprint density at radius 2 is 0.671 bits per heavy atom. The van der Waals surface area contributed by atoms with Crippen molar-refractivity contribution in [1.29, 1.82) is 0 Å². The van der Waals surface area contributed by atoms with Gasteiger partial charge in [-0.2, -0.15) is 0 Å². The van der Waals surface area contributed by atoms with Gasteiger partial charge in [0.2, 0.25) is 0 Å². The average molecular weight is 966 g/mol. The SMILES string of the molecule is CC1(C)c2ccccc2C2(c3ccccc3-c3ccc(-c4ccc(N(c5ccc(-c6cccc7c6sc6ccccc67)cc5)c5ccc(-c6cccc7c6sc6ccccc67)cc5)cc4)cc32)c2ccccc21. The van der Waals surface area contributed by atoms with Crippen LogP contribution in [0.15, 0.2) is 249 Å². The van der Waals surface area contributed by atoms with E-state index in [1.54, 1.807) is 0 Å². The quantitative estimate of drug-likeness (QED) is 0.161. The van der Waals surface area contributed by atoms with Gasteiger partial charge in [-0.3, -0.25) is 0 Å². The van der Waals surface area contributed by atoms with Crippen LogP contribution >= 0.6 is 22.7 Å². The molecule has 0 saturated carbocycles. The highest BCUT2D eigenvalue weighted by Crippen LogP contribution is 2.62. The number of nitrogens with zero attached hydrogens (tertiary/aromatic N) is 1. The van der Waals surface area contributed by atoms with E-state index in [0.29, 0.717) is 0 Å². The number of thiophene rings is 2. The van der Waals surface area contributed by atoms with Crippen molar-refractivity contribution < 1.29 is 0 Å².